The van der Waals surface area contributed by atoms with Crippen LogP contribution >= 0.6 is 23.2 Å². The lowest BCUT2D eigenvalue weighted by Gasteiger charge is -2.24. The predicted octanol–water partition coefficient (Wildman–Crippen LogP) is 6.03. The number of halogens is 5. The van der Waals surface area contributed by atoms with E-state index in [1.54, 1.807) is 12.1 Å². The molecule has 1 unspecified atom stereocenters. The number of nitrogens with one attached hydrogen (secondary N) is 1. The van der Waals surface area contributed by atoms with Crippen LogP contribution in [0.5, 0.6) is 5.75 Å². The summed E-state index contributed by atoms with van der Waals surface area (Å²) >= 11 is 11.8. The lowest BCUT2D eigenvalue weighted by molar-refractivity contribution is -0.274. The van der Waals surface area contributed by atoms with Crippen molar-refractivity contribution in [3.05, 3.63) is 87.9 Å². The molecule has 0 fully saturated rings. The summed E-state index contributed by atoms with van der Waals surface area (Å²) in [5, 5.41) is 3.33. The van der Waals surface area contributed by atoms with E-state index in [4.69, 9.17) is 33.5 Å². The quantitative estimate of drug-likeness (QED) is 0.307. The number of carbonyl (C=O) groups is 1. The molecule has 0 spiro atoms. The summed E-state index contributed by atoms with van der Waals surface area (Å²) in [5.41, 5.74) is 6.66. The van der Waals surface area contributed by atoms with Crippen LogP contribution in [0.2, 0.25) is 10.0 Å². The predicted molar refractivity (Wildman–Crippen MR) is 136 cm³/mol. The number of aryl methyl sites for hydroxylation is 1. The highest BCUT2D eigenvalue weighted by molar-refractivity contribution is 7.85. The molecule has 0 aromatic heterocycles. The molecule has 0 aliphatic heterocycles. The van der Waals surface area contributed by atoms with Crippen molar-refractivity contribution in [2.24, 2.45) is 5.73 Å². The highest BCUT2D eigenvalue weighted by Gasteiger charge is 2.32. The first kappa shape index (κ1) is 30.4. The average molecular weight is 579 g/mol. The topological polar surface area (TPSA) is 119 Å². The molecule has 3 aromatic rings. The van der Waals surface area contributed by atoms with Gasteiger partial charge in [-0.2, -0.15) is 8.42 Å². The molecule has 0 saturated heterocycles. The molecule has 0 bridgehead atoms. The van der Waals surface area contributed by atoms with Crippen LogP contribution in [0.4, 0.5) is 18.9 Å². The molecule has 3 aromatic carbocycles. The molecule has 200 valence electrons. The minimum Gasteiger partial charge on any atom is -0.406 e. The highest BCUT2D eigenvalue weighted by atomic mass is 35.5. The van der Waals surface area contributed by atoms with Crippen molar-refractivity contribution in [3.63, 3.8) is 0 Å². The zero-order valence-corrected chi connectivity index (χ0v) is 21.8. The normalized spacial score (nSPS) is 13.1. The average Bonchev–Trinajstić information content (AvgIpc) is 2.73. The first-order valence-electron chi connectivity index (χ1n) is 10.4. The van der Waals surface area contributed by atoms with Gasteiger partial charge in [0.1, 0.15) is 5.75 Å². The molecule has 0 aliphatic rings. The van der Waals surface area contributed by atoms with Crippen molar-refractivity contribution in [2.75, 3.05) is 5.32 Å². The summed E-state index contributed by atoms with van der Waals surface area (Å²) in [7, 11) is -4.02. The number of ether oxygens (including phenoxy) is 1. The highest BCUT2D eigenvalue weighted by Crippen LogP contribution is 2.25. The van der Waals surface area contributed by atoms with Gasteiger partial charge in [0.15, 0.2) is 0 Å². The lowest BCUT2D eigenvalue weighted by Crippen LogP contribution is -2.50. The Balaban J connectivity index is 0.000000364. The van der Waals surface area contributed by atoms with Gasteiger partial charge in [-0.25, -0.2) is 0 Å². The Morgan fingerprint density at radius 2 is 1.51 bits per heavy atom. The van der Waals surface area contributed by atoms with E-state index in [9.17, 15) is 26.4 Å². The second kappa shape index (κ2) is 12.1. The molecule has 1 atom stereocenters. The van der Waals surface area contributed by atoms with Gasteiger partial charge in [-0.1, -0.05) is 53.0 Å². The Morgan fingerprint density at radius 1 is 1.00 bits per heavy atom. The SMILES string of the molecule is CC(N)(Cc1ccc(OC(F)(F)F)cc1)C(=O)Nc1cc(Cl)cc(Cl)c1.Cc1ccc(S(=O)(=O)O)cc1. The molecule has 3 rings (SSSR count). The van der Waals surface area contributed by atoms with Gasteiger partial charge in [0, 0.05) is 15.7 Å². The number of nitrogens with two attached hydrogens (primary N) is 1. The number of amides is 1. The van der Waals surface area contributed by atoms with Crippen molar-refractivity contribution >= 4 is 44.9 Å². The molecule has 0 heterocycles. The third-order valence-corrected chi connectivity index (χ3v) is 5.99. The fraction of sp³-hybridized carbons (Fsp3) is 0.208. The van der Waals surface area contributed by atoms with Crippen molar-refractivity contribution in [1.82, 2.24) is 0 Å². The van der Waals surface area contributed by atoms with Crippen LogP contribution in [0.1, 0.15) is 18.1 Å². The standard InChI is InChI=1S/C17H15Cl2F3N2O2.C7H8O3S/c1-16(23,15(25)24-13-7-11(18)6-12(19)8-13)9-10-2-4-14(5-3-10)26-17(20,21)22;1-6-2-4-7(5-3-6)11(8,9)10/h2-8H,9,23H2,1H3,(H,24,25);2-5H,1H3,(H,8,9,10). The summed E-state index contributed by atoms with van der Waals surface area (Å²) in [6, 6.07) is 15.7. The van der Waals surface area contributed by atoms with Crippen LogP contribution in [-0.2, 0) is 21.3 Å². The van der Waals surface area contributed by atoms with Gasteiger partial charge in [-0.05, 0) is 68.3 Å². The number of hydrogen-bond donors (Lipinski definition) is 3. The van der Waals surface area contributed by atoms with Gasteiger partial charge < -0.3 is 15.8 Å². The summed E-state index contributed by atoms with van der Waals surface area (Å²) in [4.78, 5) is 12.4. The Kier molecular flexibility index (Phi) is 9.97. The monoisotopic (exact) mass is 578 g/mol. The number of hydrogen-bond acceptors (Lipinski definition) is 5. The molecular weight excluding hydrogens is 556 g/mol. The van der Waals surface area contributed by atoms with Crippen molar-refractivity contribution in [2.45, 2.75) is 37.1 Å². The molecular formula is C24H23Cl2F3N2O5S. The first-order valence-corrected chi connectivity index (χ1v) is 12.6. The van der Waals surface area contributed by atoms with Crippen LogP contribution in [0.15, 0.2) is 71.6 Å². The van der Waals surface area contributed by atoms with E-state index < -0.39 is 27.9 Å². The smallest absolute Gasteiger partial charge is 0.406 e. The van der Waals surface area contributed by atoms with Crippen LogP contribution in [0.3, 0.4) is 0 Å². The summed E-state index contributed by atoms with van der Waals surface area (Å²) in [5.74, 6) is -0.843. The third-order valence-electron chi connectivity index (χ3n) is 4.69. The lowest BCUT2D eigenvalue weighted by atomic mass is 9.93. The van der Waals surface area contributed by atoms with Crippen molar-refractivity contribution in [1.29, 1.82) is 0 Å². The molecule has 13 heteroatoms. The van der Waals surface area contributed by atoms with E-state index in [-0.39, 0.29) is 17.1 Å². The number of anilines is 1. The van der Waals surface area contributed by atoms with Crippen LogP contribution in [0, 0.1) is 6.92 Å². The first-order chi connectivity index (χ1) is 16.9. The fourth-order valence-electron chi connectivity index (χ4n) is 2.92. The Labute approximate surface area is 222 Å². The molecule has 1 amide bonds. The molecule has 0 aliphatic carbocycles. The van der Waals surface area contributed by atoms with Gasteiger partial charge in [0.25, 0.3) is 10.1 Å². The molecule has 4 N–H and O–H groups in total. The number of alkyl halides is 3. The van der Waals surface area contributed by atoms with Crippen LogP contribution in [-0.4, -0.2) is 30.8 Å². The molecule has 37 heavy (non-hydrogen) atoms. The Bertz CT molecular complexity index is 1310. The minimum absolute atomic E-state index is 0.0666. The van der Waals surface area contributed by atoms with Gasteiger partial charge in [0.05, 0.1) is 10.4 Å². The maximum Gasteiger partial charge on any atom is 0.573 e. The Hall–Kier alpha value is -2.83. The summed E-state index contributed by atoms with van der Waals surface area (Å²) < 4.78 is 69.9. The maximum atomic E-state index is 12.4. The van der Waals surface area contributed by atoms with E-state index in [0.29, 0.717) is 21.3 Å². The molecule has 0 saturated carbocycles. The summed E-state index contributed by atoms with van der Waals surface area (Å²) in [6.07, 6.45) is -4.67. The number of rotatable bonds is 6. The van der Waals surface area contributed by atoms with Crippen molar-refractivity contribution < 1.29 is 35.7 Å². The second-order valence-electron chi connectivity index (χ2n) is 8.19. The van der Waals surface area contributed by atoms with E-state index in [0.717, 1.165) is 17.7 Å². The van der Waals surface area contributed by atoms with Gasteiger partial charge >= 0.3 is 6.36 Å². The zero-order chi connectivity index (χ0) is 28.0. The van der Waals surface area contributed by atoms with Crippen molar-refractivity contribution in [3.8, 4) is 5.75 Å². The zero-order valence-electron chi connectivity index (χ0n) is 19.5. The molecule has 0 radical (unpaired) electrons. The largest absolute Gasteiger partial charge is 0.573 e. The second-order valence-corrected chi connectivity index (χ2v) is 10.5. The number of benzene rings is 3. The summed E-state index contributed by atoms with van der Waals surface area (Å²) in [6.45, 7) is 3.35. The van der Waals surface area contributed by atoms with E-state index >= 15 is 0 Å². The van der Waals surface area contributed by atoms with E-state index in [1.165, 1.54) is 49.4 Å². The molecule has 7 nitrogen and oxygen atoms in total. The van der Waals surface area contributed by atoms with E-state index in [1.807, 2.05) is 6.92 Å². The number of carbonyl (C=O) groups excluding carboxylic acids is 1. The Morgan fingerprint density at radius 3 is 1.97 bits per heavy atom. The minimum atomic E-state index is -4.76. The third kappa shape index (κ3) is 10.6. The maximum absolute atomic E-state index is 12.4. The fourth-order valence-corrected chi connectivity index (χ4v) is 3.93. The van der Waals surface area contributed by atoms with Gasteiger partial charge in [-0.15, -0.1) is 13.2 Å². The van der Waals surface area contributed by atoms with E-state index in [2.05, 4.69) is 10.1 Å². The van der Waals surface area contributed by atoms with Crippen LogP contribution in [0.25, 0.3) is 0 Å². The van der Waals surface area contributed by atoms with Gasteiger partial charge in [-0.3, -0.25) is 9.35 Å². The van der Waals surface area contributed by atoms with Gasteiger partial charge in [0.2, 0.25) is 5.91 Å². The van der Waals surface area contributed by atoms with Crippen LogP contribution < -0.4 is 15.8 Å².